The van der Waals surface area contributed by atoms with Crippen molar-refractivity contribution in [2.45, 2.75) is 11.3 Å². The number of carbonyl (C=O) groups is 1. The highest BCUT2D eigenvalue weighted by molar-refractivity contribution is 7.93. The Labute approximate surface area is 169 Å². The van der Waals surface area contributed by atoms with Crippen molar-refractivity contribution in [1.29, 1.82) is 0 Å². The van der Waals surface area contributed by atoms with Crippen LogP contribution in [-0.2, 0) is 16.4 Å². The molecule has 0 aliphatic carbocycles. The Morgan fingerprint density at radius 2 is 1.82 bits per heavy atom. The molecule has 0 radical (unpaired) electrons. The SMILES string of the molecule is O=C(NCCc1nnc(NS(=O)(=O)c2ccc(F)cc2)s1)c1ccccc1Cl. The van der Waals surface area contributed by atoms with Crippen molar-refractivity contribution in [3.63, 3.8) is 0 Å². The number of nitrogens with one attached hydrogen (secondary N) is 2. The molecule has 0 saturated heterocycles. The van der Waals surface area contributed by atoms with E-state index in [1.807, 2.05) is 0 Å². The van der Waals surface area contributed by atoms with Gasteiger partial charge in [0.15, 0.2) is 0 Å². The molecular formula is C17H14ClFN4O3S2. The number of amides is 1. The smallest absolute Gasteiger partial charge is 0.263 e. The minimum absolute atomic E-state index is 0.0803. The second-order valence-corrected chi connectivity index (χ2v) is 8.70. The number of hydrogen-bond acceptors (Lipinski definition) is 6. The number of halogens is 2. The van der Waals surface area contributed by atoms with Crippen molar-refractivity contribution in [2.24, 2.45) is 0 Å². The summed E-state index contributed by atoms with van der Waals surface area (Å²) in [5, 5.41) is 11.4. The quantitative estimate of drug-likeness (QED) is 0.587. The molecular weight excluding hydrogens is 427 g/mol. The molecule has 0 bridgehead atoms. The molecule has 0 atom stereocenters. The lowest BCUT2D eigenvalue weighted by molar-refractivity contribution is 0.0954. The summed E-state index contributed by atoms with van der Waals surface area (Å²) >= 11 is 7.02. The van der Waals surface area contributed by atoms with E-state index in [2.05, 4.69) is 20.2 Å². The first-order valence-corrected chi connectivity index (χ1v) is 10.7. The Hall–Kier alpha value is -2.56. The van der Waals surface area contributed by atoms with E-state index in [0.29, 0.717) is 22.0 Å². The monoisotopic (exact) mass is 440 g/mol. The zero-order valence-electron chi connectivity index (χ0n) is 14.2. The first-order valence-electron chi connectivity index (χ1n) is 7.98. The predicted octanol–water partition coefficient (Wildman–Crippen LogP) is 3.10. The van der Waals surface area contributed by atoms with Gasteiger partial charge in [0, 0.05) is 13.0 Å². The number of nitrogens with zero attached hydrogens (tertiary/aromatic N) is 2. The molecule has 3 rings (SSSR count). The van der Waals surface area contributed by atoms with Gasteiger partial charge in [-0.25, -0.2) is 12.8 Å². The summed E-state index contributed by atoms with van der Waals surface area (Å²) in [6.07, 6.45) is 0.367. The normalized spacial score (nSPS) is 11.2. The molecule has 28 heavy (non-hydrogen) atoms. The summed E-state index contributed by atoms with van der Waals surface area (Å²) in [5.41, 5.74) is 0.370. The third kappa shape index (κ3) is 5.03. The number of hydrogen-bond donors (Lipinski definition) is 2. The van der Waals surface area contributed by atoms with Gasteiger partial charge in [0.25, 0.3) is 15.9 Å². The number of rotatable bonds is 7. The Morgan fingerprint density at radius 3 is 2.54 bits per heavy atom. The van der Waals surface area contributed by atoms with Crippen LogP contribution >= 0.6 is 22.9 Å². The number of anilines is 1. The van der Waals surface area contributed by atoms with Crippen LogP contribution in [0.15, 0.2) is 53.4 Å². The minimum atomic E-state index is -3.88. The van der Waals surface area contributed by atoms with Crippen LogP contribution in [0, 0.1) is 5.82 Å². The van der Waals surface area contributed by atoms with Crippen molar-refractivity contribution >= 4 is 44.0 Å². The molecule has 7 nitrogen and oxygen atoms in total. The molecule has 2 N–H and O–H groups in total. The van der Waals surface area contributed by atoms with Crippen molar-refractivity contribution in [3.05, 3.63) is 69.9 Å². The van der Waals surface area contributed by atoms with Gasteiger partial charge in [-0.3, -0.25) is 9.52 Å². The standard InChI is InChI=1S/C17H14ClFN4O3S2/c18-14-4-2-1-3-13(14)16(24)20-10-9-15-21-22-17(27-15)23-28(25,26)12-7-5-11(19)6-8-12/h1-8H,9-10H2,(H,20,24)(H,22,23). The highest BCUT2D eigenvalue weighted by Gasteiger charge is 2.17. The van der Waals surface area contributed by atoms with Gasteiger partial charge in [-0.15, -0.1) is 10.2 Å². The summed E-state index contributed by atoms with van der Waals surface area (Å²) < 4.78 is 39.7. The van der Waals surface area contributed by atoms with Gasteiger partial charge in [-0.1, -0.05) is 35.1 Å². The van der Waals surface area contributed by atoms with Crippen LogP contribution in [0.2, 0.25) is 5.02 Å². The minimum Gasteiger partial charge on any atom is -0.352 e. The second kappa shape index (κ2) is 8.63. The van der Waals surface area contributed by atoms with Crippen LogP contribution in [0.3, 0.4) is 0 Å². The fraction of sp³-hybridized carbons (Fsp3) is 0.118. The van der Waals surface area contributed by atoms with E-state index in [-0.39, 0.29) is 22.5 Å². The van der Waals surface area contributed by atoms with Gasteiger partial charge in [-0.2, -0.15) is 0 Å². The fourth-order valence-corrected chi connectivity index (χ4v) is 4.40. The highest BCUT2D eigenvalue weighted by Crippen LogP contribution is 2.20. The van der Waals surface area contributed by atoms with Crippen LogP contribution in [-0.4, -0.2) is 31.1 Å². The lowest BCUT2D eigenvalue weighted by Gasteiger charge is -2.05. The van der Waals surface area contributed by atoms with E-state index < -0.39 is 15.8 Å². The maximum Gasteiger partial charge on any atom is 0.263 e. The van der Waals surface area contributed by atoms with Gasteiger partial charge in [0.1, 0.15) is 10.8 Å². The number of benzene rings is 2. The summed E-state index contributed by atoms with van der Waals surface area (Å²) in [4.78, 5) is 12.0. The molecule has 3 aromatic rings. The Balaban J connectivity index is 1.56. The van der Waals surface area contributed by atoms with E-state index in [1.165, 1.54) is 0 Å². The molecule has 0 aliphatic heterocycles. The van der Waals surface area contributed by atoms with E-state index in [1.54, 1.807) is 24.3 Å². The summed E-state index contributed by atoms with van der Waals surface area (Å²) in [5.74, 6) is -0.844. The average molecular weight is 441 g/mol. The van der Waals surface area contributed by atoms with Gasteiger partial charge < -0.3 is 5.32 Å². The maximum absolute atomic E-state index is 12.9. The van der Waals surface area contributed by atoms with E-state index in [4.69, 9.17) is 11.6 Å². The molecule has 11 heteroatoms. The Bertz CT molecular complexity index is 1090. The van der Waals surface area contributed by atoms with Crippen LogP contribution in [0.4, 0.5) is 9.52 Å². The molecule has 0 aliphatic rings. The summed E-state index contributed by atoms with van der Waals surface area (Å²) in [6.45, 7) is 0.281. The predicted molar refractivity (Wildman–Crippen MR) is 105 cm³/mol. The zero-order chi connectivity index (χ0) is 20.1. The lowest BCUT2D eigenvalue weighted by Crippen LogP contribution is -2.25. The Morgan fingerprint density at radius 1 is 1.11 bits per heavy atom. The highest BCUT2D eigenvalue weighted by atomic mass is 35.5. The molecule has 0 saturated carbocycles. The molecule has 0 spiro atoms. The zero-order valence-corrected chi connectivity index (χ0v) is 16.6. The van der Waals surface area contributed by atoms with E-state index in [0.717, 1.165) is 35.6 Å². The Kier molecular flexibility index (Phi) is 6.22. The van der Waals surface area contributed by atoms with Gasteiger partial charge in [0.2, 0.25) is 5.13 Å². The van der Waals surface area contributed by atoms with Crippen molar-refractivity contribution in [3.8, 4) is 0 Å². The molecule has 0 unspecified atom stereocenters. The third-order valence-corrected chi connectivity index (χ3v) is 6.27. The second-order valence-electron chi connectivity index (χ2n) is 5.55. The number of sulfonamides is 1. The van der Waals surface area contributed by atoms with Crippen LogP contribution in [0.25, 0.3) is 0 Å². The van der Waals surface area contributed by atoms with Gasteiger partial charge >= 0.3 is 0 Å². The molecule has 1 aromatic heterocycles. The molecule has 0 fully saturated rings. The van der Waals surface area contributed by atoms with Crippen molar-refractivity contribution in [2.75, 3.05) is 11.3 Å². The summed E-state index contributed by atoms with van der Waals surface area (Å²) in [7, 11) is -3.88. The van der Waals surface area contributed by atoms with Crippen LogP contribution in [0.5, 0.6) is 0 Å². The van der Waals surface area contributed by atoms with Crippen LogP contribution < -0.4 is 10.0 Å². The first kappa shape index (κ1) is 20.2. The molecule has 146 valence electrons. The number of aromatic nitrogens is 2. The fourth-order valence-electron chi connectivity index (χ4n) is 2.21. The largest absolute Gasteiger partial charge is 0.352 e. The molecule has 1 amide bonds. The van der Waals surface area contributed by atoms with E-state index in [9.17, 15) is 17.6 Å². The third-order valence-electron chi connectivity index (χ3n) is 3.56. The van der Waals surface area contributed by atoms with Gasteiger partial charge in [-0.05, 0) is 36.4 Å². The van der Waals surface area contributed by atoms with Crippen LogP contribution in [0.1, 0.15) is 15.4 Å². The van der Waals surface area contributed by atoms with Gasteiger partial charge in [0.05, 0.1) is 15.5 Å². The topological polar surface area (TPSA) is 101 Å². The average Bonchev–Trinajstić information content (AvgIpc) is 3.09. The number of carbonyl (C=O) groups excluding carboxylic acids is 1. The maximum atomic E-state index is 12.9. The molecule has 2 aromatic carbocycles. The lowest BCUT2D eigenvalue weighted by atomic mass is 10.2. The van der Waals surface area contributed by atoms with Crippen molar-refractivity contribution in [1.82, 2.24) is 15.5 Å². The first-order chi connectivity index (χ1) is 13.3. The van der Waals surface area contributed by atoms with Crippen molar-refractivity contribution < 1.29 is 17.6 Å². The molecule has 1 heterocycles. The van der Waals surface area contributed by atoms with E-state index >= 15 is 0 Å². The summed E-state index contributed by atoms with van der Waals surface area (Å²) in [6, 6.07) is 11.1.